The van der Waals surface area contributed by atoms with Gasteiger partial charge in [-0.1, -0.05) is 27.7 Å². The van der Waals surface area contributed by atoms with Gasteiger partial charge in [0.1, 0.15) is 0 Å². The van der Waals surface area contributed by atoms with Crippen molar-refractivity contribution in [2.75, 3.05) is 13.1 Å². The van der Waals surface area contributed by atoms with Crippen LogP contribution in [0.1, 0.15) is 40.5 Å². The van der Waals surface area contributed by atoms with Gasteiger partial charge in [0.05, 0.1) is 0 Å². The second-order valence-electron chi connectivity index (χ2n) is 2.10. The van der Waals surface area contributed by atoms with Gasteiger partial charge in [-0.3, -0.25) is 0 Å². The summed E-state index contributed by atoms with van der Waals surface area (Å²) >= 11 is 0. The average Bonchev–Trinajstić information content (AvgIpc) is 1.81. The van der Waals surface area contributed by atoms with Crippen LogP contribution >= 0.6 is 0 Å². The van der Waals surface area contributed by atoms with Crippen molar-refractivity contribution in [3.05, 3.63) is 0 Å². The highest BCUT2D eigenvalue weighted by Crippen LogP contribution is 1.81. The molecule has 0 radical (unpaired) electrons. The van der Waals surface area contributed by atoms with Crippen LogP contribution in [0, 0.1) is 0 Å². The number of hydrogen-bond acceptors (Lipinski definition) is 1. The summed E-state index contributed by atoms with van der Waals surface area (Å²) in [6.45, 7) is 6.79. The van der Waals surface area contributed by atoms with E-state index in [-0.39, 0.29) is 7.43 Å². The summed E-state index contributed by atoms with van der Waals surface area (Å²) < 4.78 is 0. The molecule has 0 aromatic heterocycles. The fraction of sp³-hybridized carbons (Fsp3) is 1.00. The highest BCUT2D eigenvalue weighted by molar-refractivity contribution is 4.43. The largest absolute Gasteiger partial charge is 0.317 e. The minimum Gasteiger partial charge on any atom is -0.317 e. The molecule has 58 valence electrons. The molecular weight excluding hydrogens is 110 g/mol. The van der Waals surface area contributed by atoms with E-state index < -0.39 is 0 Å². The van der Waals surface area contributed by atoms with Crippen molar-refractivity contribution in [1.29, 1.82) is 0 Å². The number of hydrogen-bond donors (Lipinski definition) is 1. The summed E-state index contributed by atoms with van der Waals surface area (Å²) in [4.78, 5) is 0. The van der Waals surface area contributed by atoms with Crippen LogP contribution in [0.15, 0.2) is 0 Å². The lowest BCUT2D eigenvalue weighted by molar-refractivity contribution is 0.633. The molecule has 1 nitrogen and oxygen atoms in total. The molecule has 0 rings (SSSR count). The summed E-state index contributed by atoms with van der Waals surface area (Å²) in [5.41, 5.74) is 0. The fourth-order valence-electron chi connectivity index (χ4n) is 0.604. The summed E-state index contributed by atoms with van der Waals surface area (Å²) in [5, 5.41) is 3.34. The quantitative estimate of drug-likeness (QED) is 0.565. The Morgan fingerprint density at radius 3 is 2.11 bits per heavy atom. The molecule has 0 atom stereocenters. The summed E-state index contributed by atoms with van der Waals surface area (Å²) in [5.74, 6) is 0. The van der Waals surface area contributed by atoms with E-state index >= 15 is 0 Å². The molecule has 0 spiro atoms. The van der Waals surface area contributed by atoms with Gasteiger partial charge >= 0.3 is 0 Å². The van der Waals surface area contributed by atoms with E-state index in [1.54, 1.807) is 0 Å². The first-order chi connectivity index (χ1) is 3.91. The van der Waals surface area contributed by atoms with Crippen molar-refractivity contribution in [1.82, 2.24) is 5.32 Å². The van der Waals surface area contributed by atoms with Crippen LogP contribution in [0.25, 0.3) is 0 Å². The van der Waals surface area contributed by atoms with E-state index in [0.717, 1.165) is 0 Å². The number of unbranched alkanes of at least 4 members (excludes halogenated alkanes) is 1. The van der Waals surface area contributed by atoms with Crippen molar-refractivity contribution < 1.29 is 0 Å². The first-order valence-electron chi connectivity index (χ1n) is 3.62. The zero-order valence-electron chi connectivity index (χ0n) is 6.04. The molecule has 9 heavy (non-hydrogen) atoms. The summed E-state index contributed by atoms with van der Waals surface area (Å²) in [7, 11) is 0. The molecule has 0 fully saturated rings. The van der Waals surface area contributed by atoms with Crippen molar-refractivity contribution in [3.8, 4) is 0 Å². The molecule has 0 heterocycles. The standard InChI is InChI=1S/C7H17N.CH4/c1-3-5-7-8-6-4-2;/h8H,3-7H2,1-2H3;1H4. The number of nitrogens with one attached hydrogen (secondary N) is 1. The van der Waals surface area contributed by atoms with E-state index in [4.69, 9.17) is 0 Å². The minimum atomic E-state index is 0. The molecule has 0 saturated carbocycles. The highest BCUT2D eigenvalue weighted by atomic mass is 14.8. The molecule has 0 bridgehead atoms. The fourth-order valence-corrected chi connectivity index (χ4v) is 0.604. The van der Waals surface area contributed by atoms with Crippen LogP contribution in [-0.4, -0.2) is 13.1 Å². The smallest absolute Gasteiger partial charge is 0.00490 e. The lowest BCUT2D eigenvalue weighted by Crippen LogP contribution is -2.15. The first-order valence-corrected chi connectivity index (χ1v) is 3.62. The van der Waals surface area contributed by atoms with Crippen LogP contribution in [0.2, 0.25) is 0 Å². The maximum atomic E-state index is 3.34. The van der Waals surface area contributed by atoms with Crippen LogP contribution < -0.4 is 5.32 Å². The second-order valence-corrected chi connectivity index (χ2v) is 2.10. The van der Waals surface area contributed by atoms with E-state index in [1.807, 2.05) is 0 Å². The van der Waals surface area contributed by atoms with Crippen molar-refractivity contribution in [3.63, 3.8) is 0 Å². The first kappa shape index (κ1) is 11.7. The van der Waals surface area contributed by atoms with Gasteiger partial charge in [0.25, 0.3) is 0 Å². The maximum absolute atomic E-state index is 3.34. The highest BCUT2D eigenvalue weighted by Gasteiger charge is 1.80. The Labute approximate surface area is 59.8 Å². The molecule has 0 aromatic rings. The lowest BCUT2D eigenvalue weighted by Gasteiger charge is -1.98. The Morgan fingerprint density at radius 1 is 1.00 bits per heavy atom. The Balaban J connectivity index is 0. The van der Waals surface area contributed by atoms with E-state index in [1.165, 1.54) is 32.4 Å². The Morgan fingerprint density at radius 2 is 1.67 bits per heavy atom. The zero-order valence-corrected chi connectivity index (χ0v) is 6.04. The average molecular weight is 131 g/mol. The van der Waals surface area contributed by atoms with Crippen LogP contribution in [0.4, 0.5) is 0 Å². The van der Waals surface area contributed by atoms with Crippen molar-refractivity contribution >= 4 is 0 Å². The zero-order chi connectivity index (χ0) is 6.24. The van der Waals surface area contributed by atoms with Crippen LogP contribution in [0.3, 0.4) is 0 Å². The van der Waals surface area contributed by atoms with E-state index in [0.29, 0.717) is 0 Å². The minimum absolute atomic E-state index is 0. The van der Waals surface area contributed by atoms with Gasteiger partial charge < -0.3 is 5.32 Å². The van der Waals surface area contributed by atoms with Crippen LogP contribution in [-0.2, 0) is 0 Å². The third kappa shape index (κ3) is 11.5. The van der Waals surface area contributed by atoms with Crippen molar-refractivity contribution in [2.24, 2.45) is 0 Å². The molecule has 0 aromatic carbocycles. The molecule has 1 heteroatoms. The summed E-state index contributed by atoms with van der Waals surface area (Å²) in [6, 6.07) is 0. The van der Waals surface area contributed by atoms with Gasteiger partial charge in [0.15, 0.2) is 0 Å². The Hall–Kier alpha value is -0.0400. The number of rotatable bonds is 5. The van der Waals surface area contributed by atoms with Gasteiger partial charge in [-0.25, -0.2) is 0 Å². The molecular formula is C8H21N. The monoisotopic (exact) mass is 131 g/mol. The molecule has 0 unspecified atom stereocenters. The Bertz CT molecular complexity index is 29.5. The molecule has 0 saturated heterocycles. The molecule has 0 aliphatic rings. The SMILES string of the molecule is C.CCCCNCCC. The molecule has 0 aliphatic heterocycles. The van der Waals surface area contributed by atoms with E-state index in [9.17, 15) is 0 Å². The maximum Gasteiger partial charge on any atom is -0.00490 e. The van der Waals surface area contributed by atoms with Gasteiger partial charge in [-0.2, -0.15) is 0 Å². The summed E-state index contributed by atoms with van der Waals surface area (Å²) in [6.07, 6.45) is 3.88. The van der Waals surface area contributed by atoms with E-state index in [2.05, 4.69) is 19.2 Å². The normalized spacial score (nSPS) is 8.67. The third-order valence-corrected chi connectivity index (χ3v) is 1.13. The Kier molecular flexibility index (Phi) is 14.1. The topological polar surface area (TPSA) is 12.0 Å². The predicted molar refractivity (Wildman–Crippen MR) is 44.8 cm³/mol. The van der Waals surface area contributed by atoms with Gasteiger partial charge in [0, 0.05) is 0 Å². The van der Waals surface area contributed by atoms with Crippen molar-refractivity contribution in [2.45, 2.75) is 40.5 Å². The second kappa shape index (κ2) is 10.9. The molecule has 1 N–H and O–H groups in total. The third-order valence-electron chi connectivity index (χ3n) is 1.13. The molecule has 0 amide bonds. The lowest BCUT2D eigenvalue weighted by atomic mass is 10.3. The van der Waals surface area contributed by atoms with Gasteiger partial charge in [-0.15, -0.1) is 0 Å². The van der Waals surface area contributed by atoms with Gasteiger partial charge in [-0.05, 0) is 25.9 Å². The van der Waals surface area contributed by atoms with Gasteiger partial charge in [0.2, 0.25) is 0 Å². The molecule has 0 aliphatic carbocycles. The van der Waals surface area contributed by atoms with Crippen LogP contribution in [0.5, 0.6) is 0 Å². The predicted octanol–water partition coefficient (Wildman–Crippen LogP) is 2.42.